The number of hydrogen-bond acceptors (Lipinski definition) is 6. The molecule has 1 aromatic carbocycles. The molecular weight excluding hydrogens is 293 g/mol. The minimum Gasteiger partial charge on any atom is -0.374 e. The Kier molecular flexibility index (Phi) is 3.70. The Balaban J connectivity index is 1.63. The van der Waals surface area contributed by atoms with Crippen molar-refractivity contribution in [3.63, 3.8) is 0 Å². The highest BCUT2D eigenvalue weighted by Gasteiger charge is 2.23. The van der Waals surface area contributed by atoms with Crippen LogP contribution in [0.25, 0.3) is 0 Å². The number of piperazine rings is 1. The molecule has 21 heavy (non-hydrogen) atoms. The molecule has 0 radical (unpaired) electrons. The van der Waals surface area contributed by atoms with Crippen molar-refractivity contribution in [1.29, 1.82) is 0 Å². The molecule has 1 aliphatic rings. The molecule has 0 saturated carbocycles. The van der Waals surface area contributed by atoms with Crippen LogP contribution in [0.5, 0.6) is 0 Å². The van der Waals surface area contributed by atoms with E-state index in [0.29, 0.717) is 36.9 Å². The number of benzene rings is 1. The zero-order valence-electron chi connectivity index (χ0n) is 11.2. The second kappa shape index (κ2) is 5.65. The number of nitrogen functional groups attached to an aromatic ring is 1. The van der Waals surface area contributed by atoms with Gasteiger partial charge in [-0.2, -0.15) is 0 Å². The SMILES string of the molecule is Nc1nnc(N2CCN(C(=O)c3ccc(F)cc3)CC2)s1. The molecule has 0 unspecified atom stereocenters. The van der Waals surface area contributed by atoms with Gasteiger partial charge < -0.3 is 15.5 Å². The summed E-state index contributed by atoms with van der Waals surface area (Å²) in [6, 6.07) is 5.62. The van der Waals surface area contributed by atoms with Gasteiger partial charge in [-0.25, -0.2) is 4.39 Å². The van der Waals surface area contributed by atoms with Crippen LogP contribution in [0.15, 0.2) is 24.3 Å². The van der Waals surface area contributed by atoms with Gasteiger partial charge in [0.15, 0.2) is 0 Å². The third kappa shape index (κ3) is 2.94. The number of halogens is 1. The minimum atomic E-state index is -0.342. The summed E-state index contributed by atoms with van der Waals surface area (Å²) in [5, 5.41) is 9.01. The number of nitrogens with zero attached hydrogens (tertiary/aromatic N) is 4. The number of carbonyl (C=O) groups excluding carboxylic acids is 1. The summed E-state index contributed by atoms with van der Waals surface area (Å²) < 4.78 is 12.9. The van der Waals surface area contributed by atoms with Crippen LogP contribution in [-0.2, 0) is 0 Å². The van der Waals surface area contributed by atoms with Crippen molar-refractivity contribution in [2.75, 3.05) is 36.8 Å². The van der Waals surface area contributed by atoms with Gasteiger partial charge in [0.05, 0.1) is 0 Å². The average Bonchev–Trinajstić information content (AvgIpc) is 2.94. The number of hydrogen-bond donors (Lipinski definition) is 1. The number of carbonyl (C=O) groups is 1. The Bertz CT molecular complexity index is 636. The number of amides is 1. The number of rotatable bonds is 2. The fraction of sp³-hybridized carbons (Fsp3) is 0.308. The topological polar surface area (TPSA) is 75.3 Å². The van der Waals surface area contributed by atoms with Crippen LogP contribution in [0, 0.1) is 5.82 Å². The van der Waals surface area contributed by atoms with Crippen molar-refractivity contribution in [2.45, 2.75) is 0 Å². The van der Waals surface area contributed by atoms with Gasteiger partial charge >= 0.3 is 0 Å². The molecule has 0 atom stereocenters. The van der Waals surface area contributed by atoms with Crippen LogP contribution in [0.4, 0.5) is 14.7 Å². The second-order valence-corrected chi connectivity index (χ2v) is 5.70. The summed E-state index contributed by atoms with van der Waals surface area (Å²) in [5.74, 6) is -0.420. The first-order valence-corrected chi connectivity index (χ1v) is 7.34. The number of nitrogens with two attached hydrogens (primary N) is 1. The zero-order chi connectivity index (χ0) is 14.8. The first kappa shape index (κ1) is 13.7. The summed E-state index contributed by atoms with van der Waals surface area (Å²) in [5.41, 5.74) is 6.08. The largest absolute Gasteiger partial charge is 0.374 e. The van der Waals surface area contributed by atoms with E-state index in [9.17, 15) is 9.18 Å². The van der Waals surface area contributed by atoms with Gasteiger partial charge in [-0.15, -0.1) is 10.2 Å². The lowest BCUT2D eigenvalue weighted by Crippen LogP contribution is -2.48. The molecule has 2 aromatic rings. The molecule has 110 valence electrons. The van der Waals surface area contributed by atoms with Crippen LogP contribution in [-0.4, -0.2) is 47.2 Å². The first-order chi connectivity index (χ1) is 10.1. The molecule has 8 heteroatoms. The van der Waals surface area contributed by atoms with Crippen molar-refractivity contribution in [1.82, 2.24) is 15.1 Å². The Morgan fingerprint density at radius 3 is 2.38 bits per heavy atom. The smallest absolute Gasteiger partial charge is 0.253 e. The van der Waals surface area contributed by atoms with Crippen LogP contribution in [0.3, 0.4) is 0 Å². The van der Waals surface area contributed by atoms with E-state index in [2.05, 4.69) is 15.1 Å². The molecule has 2 heterocycles. The maximum atomic E-state index is 12.9. The minimum absolute atomic E-state index is 0.0774. The van der Waals surface area contributed by atoms with E-state index < -0.39 is 0 Å². The zero-order valence-corrected chi connectivity index (χ0v) is 12.0. The van der Waals surface area contributed by atoms with Gasteiger partial charge in [0.25, 0.3) is 5.91 Å². The molecule has 0 spiro atoms. The van der Waals surface area contributed by atoms with Crippen molar-refractivity contribution in [2.24, 2.45) is 0 Å². The summed E-state index contributed by atoms with van der Waals surface area (Å²) in [4.78, 5) is 16.1. The molecule has 1 aliphatic heterocycles. The monoisotopic (exact) mass is 307 g/mol. The Morgan fingerprint density at radius 2 is 1.81 bits per heavy atom. The van der Waals surface area contributed by atoms with Crippen LogP contribution in [0.1, 0.15) is 10.4 Å². The van der Waals surface area contributed by atoms with Gasteiger partial charge in [0.2, 0.25) is 10.3 Å². The highest BCUT2D eigenvalue weighted by Crippen LogP contribution is 2.23. The highest BCUT2D eigenvalue weighted by atomic mass is 32.1. The Morgan fingerprint density at radius 1 is 1.14 bits per heavy atom. The summed E-state index contributed by atoms with van der Waals surface area (Å²) >= 11 is 1.34. The Labute approximate surface area is 125 Å². The van der Waals surface area contributed by atoms with E-state index in [4.69, 9.17) is 5.73 Å². The maximum Gasteiger partial charge on any atom is 0.253 e. The lowest BCUT2D eigenvalue weighted by molar-refractivity contribution is 0.0746. The van der Waals surface area contributed by atoms with E-state index in [1.165, 1.54) is 35.6 Å². The van der Waals surface area contributed by atoms with Gasteiger partial charge in [-0.3, -0.25) is 4.79 Å². The van der Waals surface area contributed by atoms with Gasteiger partial charge in [0.1, 0.15) is 5.82 Å². The fourth-order valence-electron chi connectivity index (χ4n) is 2.23. The third-order valence-corrected chi connectivity index (χ3v) is 4.17. The van der Waals surface area contributed by atoms with E-state index in [0.717, 1.165) is 5.13 Å². The fourth-order valence-corrected chi connectivity index (χ4v) is 2.89. The predicted octanol–water partition coefficient (Wildman–Crippen LogP) is 1.22. The van der Waals surface area contributed by atoms with Gasteiger partial charge in [0, 0.05) is 31.7 Å². The molecular formula is C13H14FN5OS. The number of aromatic nitrogens is 2. The molecule has 6 nitrogen and oxygen atoms in total. The molecule has 2 N–H and O–H groups in total. The molecule has 1 amide bonds. The molecule has 1 fully saturated rings. The normalized spacial score (nSPS) is 15.3. The van der Waals surface area contributed by atoms with E-state index in [1.54, 1.807) is 4.90 Å². The van der Waals surface area contributed by atoms with E-state index in [-0.39, 0.29) is 11.7 Å². The lowest BCUT2D eigenvalue weighted by atomic mass is 10.2. The van der Waals surface area contributed by atoms with Crippen LogP contribution < -0.4 is 10.6 Å². The molecule has 0 bridgehead atoms. The maximum absolute atomic E-state index is 12.9. The van der Waals surface area contributed by atoms with Gasteiger partial charge in [-0.1, -0.05) is 11.3 Å². The van der Waals surface area contributed by atoms with E-state index in [1.807, 2.05) is 0 Å². The summed E-state index contributed by atoms with van der Waals surface area (Å²) in [7, 11) is 0. The average molecular weight is 307 g/mol. The molecule has 0 aliphatic carbocycles. The third-order valence-electron chi connectivity index (χ3n) is 3.36. The molecule has 1 saturated heterocycles. The second-order valence-electron chi connectivity index (χ2n) is 4.71. The molecule has 1 aromatic heterocycles. The summed E-state index contributed by atoms with van der Waals surface area (Å²) in [6.07, 6.45) is 0. The van der Waals surface area contributed by atoms with Crippen LogP contribution in [0.2, 0.25) is 0 Å². The highest BCUT2D eigenvalue weighted by molar-refractivity contribution is 7.18. The van der Waals surface area contributed by atoms with Crippen molar-refractivity contribution < 1.29 is 9.18 Å². The van der Waals surface area contributed by atoms with Crippen molar-refractivity contribution >= 4 is 27.5 Å². The first-order valence-electron chi connectivity index (χ1n) is 6.52. The Hall–Kier alpha value is -2.22. The quantitative estimate of drug-likeness (QED) is 0.903. The molecule has 3 rings (SSSR count). The number of anilines is 2. The van der Waals surface area contributed by atoms with E-state index >= 15 is 0 Å². The standard InChI is InChI=1S/C13H14FN5OS/c14-10-3-1-9(2-4-10)11(20)18-5-7-19(8-6-18)13-17-16-12(15)21-13/h1-4H,5-8H2,(H2,15,16). The van der Waals surface area contributed by atoms with Crippen LogP contribution >= 0.6 is 11.3 Å². The van der Waals surface area contributed by atoms with Crippen molar-refractivity contribution in [3.05, 3.63) is 35.6 Å². The van der Waals surface area contributed by atoms with Gasteiger partial charge in [-0.05, 0) is 24.3 Å². The van der Waals surface area contributed by atoms with Crippen molar-refractivity contribution in [3.8, 4) is 0 Å². The lowest BCUT2D eigenvalue weighted by Gasteiger charge is -2.34. The predicted molar refractivity (Wildman–Crippen MR) is 78.8 cm³/mol. The summed E-state index contributed by atoms with van der Waals surface area (Å²) in [6.45, 7) is 2.55.